The maximum atomic E-state index is 13.1. The van der Waals surface area contributed by atoms with Gasteiger partial charge in [0.05, 0.1) is 25.2 Å². The quantitative estimate of drug-likeness (QED) is 0.0899. The SMILES string of the molecule is CCN(CCN(C)C)Cc1nnc(Cn2c(SCc3ccc(C)cc3)nc(=O)c3c2CCC3)n1Cc1ccc(-c2ccc(C(F)(F)F)cc2)cc1. The maximum absolute atomic E-state index is 13.1. The second kappa shape index (κ2) is 16.0. The fraction of sp³-hybridized carbons (Fsp3) is 0.385. The highest BCUT2D eigenvalue weighted by Crippen LogP contribution is 2.31. The van der Waals surface area contributed by atoms with Crippen molar-refractivity contribution < 1.29 is 13.2 Å². The molecule has 0 N–H and O–H groups in total. The van der Waals surface area contributed by atoms with Crippen LogP contribution in [-0.2, 0) is 44.4 Å². The molecule has 1 aliphatic carbocycles. The van der Waals surface area contributed by atoms with Gasteiger partial charge in [-0.2, -0.15) is 18.2 Å². The minimum atomic E-state index is -4.37. The summed E-state index contributed by atoms with van der Waals surface area (Å²) in [5.74, 6) is 2.31. The van der Waals surface area contributed by atoms with Crippen LogP contribution in [0.4, 0.5) is 13.2 Å². The molecule has 3 aromatic carbocycles. The summed E-state index contributed by atoms with van der Waals surface area (Å²) < 4.78 is 43.7. The number of alkyl halides is 3. The van der Waals surface area contributed by atoms with Crippen LogP contribution in [0.3, 0.4) is 0 Å². The highest BCUT2D eigenvalue weighted by Gasteiger charge is 2.30. The first kappa shape index (κ1) is 36.5. The number of rotatable bonds is 14. The lowest BCUT2D eigenvalue weighted by molar-refractivity contribution is -0.137. The van der Waals surface area contributed by atoms with Crippen molar-refractivity contribution in [1.82, 2.24) is 34.1 Å². The van der Waals surface area contributed by atoms with Crippen molar-refractivity contribution in [3.8, 4) is 11.1 Å². The largest absolute Gasteiger partial charge is 0.416 e. The first-order chi connectivity index (χ1) is 24.5. The molecule has 0 radical (unpaired) electrons. The molecule has 0 amide bonds. The molecule has 12 heteroatoms. The molecule has 2 heterocycles. The van der Waals surface area contributed by atoms with Gasteiger partial charge in [0.2, 0.25) is 0 Å². The molecule has 1 aliphatic rings. The zero-order chi connectivity index (χ0) is 36.1. The topological polar surface area (TPSA) is 72.1 Å². The van der Waals surface area contributed by atoms with Crippen LogP contribution in [-0.4, -0.2) is 67.8 Å². The summed E-state index contributed by atoms with van der Waals surface area (Å²) in [7, 11) is 4.13. The zero-order valence-electron chi connectivity index (χ0n) is 29.6. The van der Waals surface area contributed by atoms with Gasteiger partial charge >= 0.3 is 6.18 Å². The summed E-state index contributed by atoms with van der Waals surface area (Å²) >= 11 is 1.57. The van der Waals surface area contributed by atoms with Crippen LogP contribution >= 0.6 is 11.8 Å². The van der Waals surface area contributed by atoms with Crippen LogP contribution in [0.5, 0.6) is 0 Å². The lowest BCUT2D eigenvalue weighted by Crippen LogP contribution is -2.32. The van der Waals surface area contributed by atoms with Gasteiger partial charge in [0, 0.05) is 30.1 Å². The number of thioether (sulfide) groups is 1. The predicted molar refractivity (Wildman–Crippen MR) is 196 cm³/mol. The van der Waals surface area contributed by atoms with Crippen molar-refractivity contribution in [1.29, 1.82) is 0 Å². The third kappa shape index (κ3) is 8.98. The Hall–Kier alpha value is -4.26. The van der Waals surface area contributed by atoms with Crippen LogP contribution < -0.4 is 5.56 Å². The molecule has 268 valence electrons. The van der Waals surface area contributed by atoms with Gasteiger partial charge in [-0.15, -0.1) is 10.2 Å². The number of aromatic nitrogens is 5. The van der Waals surface area contributed by atoms with Crippen LogP contribution in [0.2, 0.25) is 0 Å². The molecule has 0 unspecified atom stereocenters. The second-order valence-corrected chi connectivity index (χ2v) is 14.3. The van der Waals surface area contributed by atoms with Crippen molar-refractivity contribution >= 4 is 11.8 Å². The summed E-state index contributed by atoms with van der Waals surface area (Å²) in [6, 6.07) is 21.5. The van der Waals surface area contributed by atoms with Gasteiger partial charge in [-0.25, -0.2) is 0 Å². The second-order valence-electron chi connectivity index (χ2n) is 13.4. The van der Waals surface area contributed by atoms with E-state index in [4.69, 9.17) is 10.2 Å². The van der Waals surface area contributed by atoms with Gasteiger partial charge in [-0.1, -0.05) is 84.9 Å². The van der Waals surface area contributed by atoms with E-state index in [1.807, 2.05) is 24.3 Å². The van der Waals surface area contributed by atoms with E-state index in [1.165, 1.54) is 17.7 Å². The number of aryl methyl sites for hydroxylation is 1. The molecule has 0 spiro atoms. The molecule has 0 saturated heterocycles. The number of hydrogen-bond acceptors (Lipinski definition) is 7. The Morgan fingerprint density at radius 1 is 0.804 bits per heavy atom. The normalized spacial score (nSPS) is 13.0. The first-order valence-corrected chi connectivity index (χ1v) is 18.3. The minimum Gasteiger partial charge on any atom is -0.316 e. The van der Waals surface area contributed by atoms with Crippen LogP contribution in [0, 0.1) is 6.92 Å². The van der Waals surface area contributed by atoms with Crippen molar-refractivity contribution in [3.63, 3.8) is 0 Å². The third-order valence-corrected chi connectivity index (χ3v) is 10.5. The van der Waals surface area contributed by atoms with Gasteiger partial charge < -0.3 is 14.0 Å². The Kier molecular flexibility index (Phi) is 11.4. The van der Waals surface area contributed by atoms with E-state index in [0.717, 1.165) is 96.2 Å². The van der Waals surface area contributed by atoms with Crippen molar-refractivity contribution in [3.05, 3.63) is 128 Å². The lowest BCUT2D eigenvalue weighted by Gasteiger charge is -2.23. The number of nitrogens with zero attached hydrogens (tertiary/aromatic N) is 7. The molecule has 5 aromatic rings. The number of halogens is 3. The average molecular weight is 716 g/mol. The van der Waals surface area contributed by atoms with E-state index in [0.29, 0.717) is 30.5 Å². The Balaban J connectivity index is 1.32. The van der Waals surface area contributed by atoms with Gasteiger partial charge in [0.25, 0.3) is 5.56 Å². The summed E-state index contributed by atoms with van der Waals surface area (Å²) in [5.41, 5.74) is 5.94. The maximum Gasteiger partial charge on any atom is 0.416 e. The summed E-state index contributed by atoms with van der Waals surface area (Å²) in [6.07, 6.45) is -1.92. The molecule has 0 fully saturated rings. The Bertz CT molecular complexity index is 1990. The van der Waals surface area contributed by atoms with E-state index in [1.54, 1.807) is 11.8 Å². The Labute approximate surface area is 301 Å². The highest BCUT2D eigenvalue weighted by atomic mass is 32.2. The number of likely N-dealkylation sites (N-methyl/N-ethyl adjacent to an activating group) is 2. The molecule has 0 atom stereocenters. The predicted octanol–water partition coefficient (Wildman–Crippen LogP) is 7.09. The smallest absolute Gasteiger partial charge is 0.316 e. The monoisotopic (exact) mass is 715 g/mol. The number of fused-ring (bicyclic) bond motifs is 1. The number of benzene rings is 3. The molecule has 0 aliphatic heterocycles. The van der Waals surface area contributed by atoms with Crippen molar-refractivity contribution in [2.75, 3.05) is 33.7 Å². The van der Waals surface area contributed by atoms with Crippen LogP contribution in [0.25, 0.3) is 11.1 Å². The lowest BCUT2D eigenvalue weighted by atomic mass is 10.0. The first-order valence-electron chi connectivity index (χ1n) is 17.3. The average Bonchev–Trinajstić information content (AvgIpc) is 3.75. The molecule has 0 saturated carbocycles. The van der Waals surface area contributed by atoms with Gasteiger partial charge in [0.15, 0.2) is 11.0 Å². The molecular formula is C39H44F3N7OS. The summed E-state index contributed by atoms with van der Waals surface area (Å²) in [4.78, 5) is 22.2. The van der Waals surface area contributed by atoms with E-state index < -0.39 is 11.7 Å². The standard InChI is InChI=1S/C39H44F3N7OS/c1-5-47(22-21-46(3)4)24-35-44-45-36(49(35)23-28-13-15-30(16-14-28)31-17-19-32(20-18-31)39(40,41)42)25-48-34-8-6-7-33(34)37(50)43-38(48)51-26-29-11-9-27(2)10-12-29/h9-20H,5-8,21-26H2,1-4H3. The summed E-state index contributed by atoms with van der Waals surface area (Å²) in [5, 5.41) is 10.2. The molecule has 6 rings (SSSR count). The minimum absolute atomic E-state index is 0.139. The molecule has 2 aromatic heterocycles. The van der Waals surface area contributed by atoms with Crippen LogP contribution in [0.1, 0.15) is 58.5 Å². The van der Waals surface area contributed by atoms with Gasteiger partial charge in [0.1, 0.15) is 5.82 Å². The van der Waals surface area contributed by atoms with E-state index >= 15 is 0 Å². The van der Waals surface area contributed by atoms with E-state index in [9.17, 15) is 18.0 Å². The fourth-order valence-electron chi connectivity index (χ4n) is 6.35. The molecule has 0 bridgehead atoms. The third-order valence-electron chi connectivity index (χ3n) is 9.41. The van der Waals surface area contributed by atoms with E-state index in [-0.39, 0.29) is 5.56 Å². The van der Waals surface area contributed by atoms with Gasteiger partial charge in [-0.05, 0) is 81.2 Å². The van der Waals surface area contributed by atoms with Crippen molar-refractivity contribution in [2.45, 2.75) is 69.8 Å². The number of hydrogen-bond donors (Lipinski definition) is 0. The molecule has 51 heavy (non-hydrogen) atoms. The zero-order valence-corrected chi connectivity index (χ0v) is 30.4. The Morgan fingerprint density at radius 3 is 2.10 bits per heavy atom. The van der Waals surface area contributed by atoms with Crippen molar-refractivity contribution in [2.24, 2.45) is 0 Å². The van der Waals surface area contributed by atoms with Crippen LogP contribution in [0.15, 0.2) is 82.7 Å². The van der Waals surface area contributed by atoms with E-state index in [2.05, 4.69) is 76.1 Å². The Morgan fingerprint density at radius 2 is 1.45 bits per heavy atom. The molecular weight excluding hydrogens is 672 g/mol. The fourth-order valence-corrected chi connectivity index (χ4v) is 7.32. The highest BCUT2D eigenvalue weighted by molar-refractivity contribution is 7.98. The summed E-state index contributed by atoms with van der Waals surface area (Å²) in [6.45, 7) is 8.41. The molecule has 8 nitrogen and oxygen atoms in total. The van der Waals surface area contributed by atoms with Gasteiger partial charge in [-0.3, -0.25) is 9.69 Å².